The molecule has 1 atom stereocenters. The summed E-state index contributed by atoms with van der Waals surface area (Å²) < 4.78 is 27.2. The molecule has 2 rings (SSSR count). The second-order valence-electron chi connectivity index (χ2n) is 4.80. The van der Waals surface area contributed by atoms with Crippen molar-refractivity contribution >= 4 is 15.9 Å². The van der Waals surface area contributed by atoms with Crippen LogP contribution in [0.3, 0.4) is 0 Å². The summed E-state index contributed by atoms with van der Waals surface area (Å²) in [5, 5.41) is 3.36. The third-order valence-corrected chi connectivity index (χ3v) is 4.03. The molecule has 0 saturated carbocycles. The van der Waals surface area contributed by atoms with Crippen molar-refractivity contribution in [1.82, 2.24) is 10.3 Å². The molecule has 21 heavy (non-hydrogen) atoms. The third-order valence-electron chi connectivity index (χ3n) is 3.22. The lowest BCUT2D eigenvalue weighted by Crippen LogP contribution is -2.25. The second-order valence-corrected chi connectivity index (χ2v) is 5.59. The van der Waals surface area contributed by atoms with Gasteiger partial charge < -0.3 is 5.32 Å². The molecule has 0 bridgehead atoms. The van der Waals surface area contributed by atoms with E-state index >= 15 is 0 Å². The average molecular weight is 355 g/mol. The fraction of sp³-hybridized carbons (Fsp3) is 0.312. The number of halogens is 3. The molecule has 0 radical (unpaired) electrons. The molecule has 0 spiro atoms. The minimum atomic E-state index is -0.850. The molecular formula is C16H17BrF2N2. The molecule has 112 valence electrons. The molecule has 0 aliphatic carbocycles. The van der Waals surface area contributed by atoms with Gasteiger partial charge in [-0.05, 0) is 52.7 Å². The van der Waals surface area contributed by atoms with Crippen molar-refractivity contribution in [3.05, 3.63) is 63.9 Å². The molecule has 1 N–H and O–H groups in total. The molecule has 5 heteroatoms. The highest BCUT2D eigenvalue weighted by Crippen LogP contribution is 2.29. The minimum absolute atomic E-state index is 0.121. The van der Waals surface area contributed by atoms with Crippen molar-refractivity contribution in [2.24, 2.45) is 0 Å². The van der Waals surface area contributed by atoms with Crippen LogP contribution in [0.4, 0.5) is 8.78 Å². The van der Waals surface area contributed by atoms with Crippen LogP contribution in [0.15, 0.2) is 41.0 Å². The van der Waals surface area contributed by atoms with Gasteiger partial charge in [-0.15, -0.1) is 0 Å². The summed E-state index contributed by atoms with van der Waals surface area (Å²) in [7, 11) is 0. The second kappa shape index (κ2) is 7.61. The van der Waals surface area contributed by atoms with Crippen molar-refractivity contribution in [2.45, 2.75) is 25.8 Å². The lowest BCUT2D eigenvalue weighted by molar-refractivity contribution is 0.486. The number of pyridine rings is 1. The van der Waals surface area contributed by atoms with E-state index in [1.54, 1.807) is 12.3 Å². The molecular weight excluding hydrogens is 338 g/mol. The molecule has 2 aromatic rings. The zero-order valence-electron chi connectivity index (χ0n) is 11.7. The van der Waals surface area contributed by atoms with Crippen molar-refractivity contribution in [2.75, 3.05) is 6.54 Å². The van der Waals surface area contributed by atoms with Gasteiger partial charge in [-0.3, -0.25) is 4.98 Å². The highest BCUT2D eigenvalue weighted by atomic mass is 79.9. The Morgan fingerprint density at radius 3 is 2.71 bits per heavy atom. The Morgan fingerprint density at radius 1 is 1.24 bits per heavy atom. The zero-order valence-corrected chi connectivity index (χ0v) is 13.3. The highest BCUT2D eigenvalue weighted by molar-refractivity contribution is 9.10. The molecule has 0 aliphatic heterocycles. The number of nitrogens with one attached hydrogen (secondary N) is 1. The molecule has 0 saturated heterocycles. The van der Waals surface area contributed by atoms with Gasteiger partial charge in [0.2, 0.25) is 0 Å². The van der Waals surface area contributed by atoms with Crippen molar-refractivity contribution in [3.8, 4) is 0 Å². The van der Waals surface area contributed by atoms with E-state index in [0.717, 1.165) is 24.7 Å². The first-order chi connectivity index (χ1) is 10.1. The number of aromatic nitrogens is 1. The summed E-state index contributed by atoms with van der Waals surface area (Å²) in [6, 6.07) is 8.34. The standard InChI is InChI=1S/C16H17BrF2N2/c1-2-8-21-14(10-11-5-3-4-9-20-11)12-6-7-13(18)16(19)15(12)17/h3-7,9,14,21H,2,8,10H2,1H3. The van der Waals surface area contributed by atoms with E-state index in [9.17, 15) is 8.78 Å². The Balaban J connectivity index is 2.29. The molecule has 2 nitrogen and oxygen atoms in total. The molecule has 0 aliphatic rings. The molecule has 0 fully saturated rings. The highest BCUT2D eigenvalue weighted by Gasteiger charge is 2.19. The van der Waals surface area contributed by atoms with Crippen molar-refractivity contribution < 1.29 is 8.78 Å². The van der Waals surface area contributed by atoms with Gasteiger partial charge in [0, 0.05) is 24.4 Å². The van der Waals surface area contributed by atoms with E-state index < -0.39 is 11.6 Å². The topological polar surface area (TPSA) is 24.9 Å². The quantitative estimate of drug-likeness (QED) is 0.777. The molecule has 1 unspecified atom stereocenters. The summed E-state index contributed by atoms with van der Waals surface area (Å²) in [4.78, 5) is 4.30. The van der Waals surface area contributed by atoms with E-state index in [-0.39, 0.29) is 10.5 Å². The molecule has 0 amide bonds. The Morgan fingerprint density at radius 2 is 2.05 bits per heavy atom. The van der Waals surface area contributed by atoms with Gasteiger partial charge in [0.1, 0.15) is 0 Å². The van der Waals surface area contributed by atoms with E-state index in [2.05, 4.69) is 33.2 Å². The van der Waals surface area contributed by atoms with Gasteiger partial charge in [-0.25, -0.2) is 8.78 Å². The first-order valence-electron chi connectivity index (χ1n) is 6.90. The maximum Gasteiger partial charge on any atom is 0.173 e. The maximum atomic E-state index is 13.7. The van der Waals surface area contributed by atoms with Gasteiger partial charge in [0.05, 0.1) is 4.47 Å². The van der Waals surface area contributed by atoms with Crippen LogP contribution in [0.5, 0.6) is 0 Å². The summed E-state index contributed by atoms with van der Waals surface area (Å²) in [6.45, 7) is 2.86. The average Bonchev–Trinajstić information content (AvgIpc) is 2.51. The monoisotopic (exact) mass is 354 g/mol. The number of hydrogen-bond donors (Lipinski definition) is 1. The van der Waals surface area contributed by atoms with Crippen LogP contribution < -0.4 is 5.32 Å². The molecule has 1 heterocycles. The van der Waals surface area contributed by atoms with Gasteiger partial charge in [-0.2, -0.15) is 0 Å². The van der Waals surface area contributed by atoms with Gasteiger partial charge in [0.15, 0.2) is 11.6 Å². The minimum Gasteiger partial charge on any atom is -0.310 e. The first kappa shape index (κ1) is 16.0. The van der Waals surface area contributed by atoms with Crippen LogP contribution >= 0.6 is 15.9 Å². The third kappa shape index (κ3) is 4.08. The van der Waals surface area contributed by atoms with Crippen LogP contribution in [-0.2, 0) is 6.42 Å². The van der Waals surface area contributed by atoms with Crippen LogP contribution in [0.2, 0.25) is 0 Å². The molecule has 1 aromatic carbocycles. The van der Waals surface area contributed by atoms with Gasteiger partial charge >= 0.3 is 0 Å². The van der Waals surface area contributed by atoms with Crippen LogP contribution in [0.25, 0.3) is 0 Å². The fourth-order valence-corrected chi connectivity index (χ4v) is 2.75. The van der Waals surface area contributed by atoms with E-state index in [4.69, 9.17) is 0 Å². The Hall–Kier alpha value is -1.33. The maximum absolute atomic E-state index is 13.7. The van der Waals surface area contributed by atoms with Crippen molar-refractivity contribution in [3.63, 3.8) is 0 Å². The number of benzene rings is 1. The Labute approximate surface area is 131 Å². The smallest absolute Gasteiger partial charge is 0.173 e. The largest absolute Gasteiger partial charge is 0.310 e. The first-order valence-corrected chi connectivity index (χ1v) is 7.69. The number of rotatable bonds is 6. The van der Waals surface area contributed by atoms with Gasteiger partial charge in [0.25, 0.3) is 0 Å². The predicted molar refractivity (Wildman–Crippen MR) is 83.0 cm³/mol. The van der Waals surface area contributed by atoms with Gasteiger partial charge in [-0.1, -0.05) is 19.1 Å². The van der Waals surface area contributed by atoms with Crippen LogP contribution in [0, 0.1) is 11.6 Å². The Bertz CT molecular complexity index is 590. The van der Waals surface area contributed by atoms with E-state index in [1.165, 1.54) is 0 Å². The lowest BCUT2D eigenvalue weighted by atomic mass is 10.0. The Kier molecular flexibility index (Phi) is 5.82. The summed E-state index contributed by atoms with van der Waals surface area (Å²) >= 11 is 3.16. The summed E-state index contributed by atoms with van der Waals surface area (Å²) in [6.07, 6.45) is 3.30. The van der Waals surface area contributed by atoms with E-state index in [1.807, 2.05) is 18.2 Å². The fourth-order valence-electron chi connectivity index (χ4n) is 2.15. The van der Waals surface area contributed by atoms with Crippen LogP contribution in [0.1, 0.15) is 30.6 Å². The number of hydrogen-bond acceptors (Lipinski definition) is 2. The predicted octanol–water partition coefficient (Wildman–Crippen LogP) is 4.41. The van der Waals surface area contributed by atoms with Crippen molar-refractivity contribution in [1.29, 1.82) is 0 Å². The zero-order chi connectivity index (χ0) is 15.2. The van der Waals surface area contributed by atoms with E-state index in [0.29, 0.717) is 12.0 Å². The normalized spacial score (nSPS) is 12.4. The van der Waals surface area contributed by atoms with Crippen LogP contribution in [-0.4, -0.2) is 11.5 Å². The SMILES string of the molecule is CCCNC(Cc1ccccn1)c1ccc(F)c(F)c1Br. The summed E-state index contributed by atoms with van der Waals surface area (Å²) in [5.41, 5.74) is 1.61. The summed E-state index contributed by atoms with van der Waals surface area (Å²) in [5.74, 6) is -1.70. The molecule has 1 aromatic heterocycles. The number of nitrogens with zero attached hydrogens (tertiary/aromatic N) is 1. The lowest BCUT2D eigenvalue weighted by Gasteiger charge is -2.20.